The van der Waals surface area contributed by atoms with Gasteiger partial charge in [-0.25, -0.2) is 4.39 Å². The first-order valence-corrected chi connectivity index (χ1v) is 8.38. The fourth-order valence-corrected chi connectivity index (χ4v) is 4.12. The van der Waals surface area contributed by atoms with Crippen molar-refractivity contribution in [1.29, 1.82) is 0 Å². The molecule has 0 aliphatic carbocycles. The van der Waals surface area contributed by atoms with Gasteiger partial charge in [-0.05, 0) is 23.8 Å². The third-order valence-electron chi connectivity index (χ3n) is 3.66. The average Bonchev–Trinajstić information content (AvgIpc) is 2.91. The van der Waals surface area contributed by atoms with E-state index in [4.69, 9.17) is 23.2 Å². The first kappa shape index (κ1) is 15.3. The Morgan fingerprint density at radius 2 is 1.90 bits per heavy atom. The van der Waals surface area contributed by atoms with E-state index >= 15 is 0 Å². The van der Waals surface area contributed by atoms with Crippen molar-refractivity contribution in [2.24, 2.45) is 0 Å². The lowest BCUT2D eigenvalue weighted by Crippen LogP contribution is -2.45. The predicted molar refractivity (Wildman–Crippen MR) is 87.0 cm³/mol. The molecular formula is C15H15Cl2FN2S. The zero-order chi connectivity index (χ0) is 14.8. The maximum atomic E-state index is 13.8. The Labute approximate surface area is 137 Å². The van der Waals surface area contributed by atoms with Crippen LogP contribution in [0.1, 0.15) is 16.5 Å². The number of rotatable bonds is 3. The van der Waals surface area contributed by atoms with Crippen LogP contribution in [0.5, 0.6) is 0 Å². The highest BCUT2D eigenvalue weighted by Crippen LogP contribution is 2.38. The summed E-state index contributed by atoms with van der Waals surface area (Å²) in [5, 5.41) is 3.53. The van der Waals surface area contributed by atoms with E-state index in [1.165, 1.54) is 17.4 Å². The smallest absolute Gasteiger partial charge is 0.142 e. The SMILES string of the molecule is Fc1cccc([C@H](c2ccc(Cl)s2)N2CCNCC2)c1Cl. The number of halogens is 3. The Morgan fingerprint density at radius 3 is 2.57 bits per heavy atom. The maximum absolute atomic E-state index is 13.8. The number of hydrogen-bond acceptors (Lipinski definition) is 3. The summed E-state index contributed by atoms with van der Waals surface area (Å²) in [6.45, 7) is 3.63. The lowest BCUT2D eigenvalue weighted by molar-refractivity contribution is 0.200. The summed E-state index contributed by atoms with van der Waals surface area (Å²) in [5.41, 5.74) is 0.803. The maximum Gasteiger partial charge on any atom is 0.142 e. The number of nitrogens with zero attached hydrogens (tertiary/aromatic N) is 1. The molecule has 1 aromatic heterocycles. The van der Waals surface area contributed by atoms with Gasteiger partial charge >= 0.3 is 0 Å². The second kappa shape index (κ2) is 6.63. The van der Waals surface area contributed by atoms with Crippen LogP contribution in [0.15, 0.2) is 30.3 Å². The van der Waals surface area contributed by atoms with Crippen molar-refractivity contribution in [3.8, 4) is 0 Å². The standard InChI is InChI=1S/C15H15Cl2FN2S/c16-13-5-4-12(21-13)15(20-8-6-19-7-9-20)10-2-1-3-11(18)14(10)17/h1-5,15,19H,6-9H2/t15-/m1/s1. The molecule has 0 spiro atoms. The molecule has 1 saturated heterocycles. The van der Waals surface area contributed by atoms with E-state index in [-0.39, 0.29) is 16.9 Å². The quantitative estimate of drug-likeness (QED) is 0.897. The van der Waals surface area contributed by atoms with Crippen LogP contribution in [0.3, 0.4) is 0 Å². The van der Waals surface area contributed by atoms with Crippen molar-refractivity contribution in [2.75, 3.05) is 26.2 Å². The molecule has 1 aliphatic heterocycles. The van der Waals surface area contributed by atoms with Gasteiger partial charge in [0.15, 0.2) is 0 Å². The van der Waals surface area contributed by atoms with Crippen LogP contribution in [0, 0.1) is 5.82 Å². The number of piperazine rings is 1. The molecule has 0 bridgehead atoms. The molecule has 0 unspecified atom stereocenters. The molecule has 1 aliphatic rings. The first-order chi connectivity index (χ1) is 10.2. The molecule has 1 atom stereocenters. The first-order valence-electron chi connectivity index (χ1n) is 6.81. The van der Waals surface area contributed by atoms with Crippen LogP contribution in [-0.2, 0) is 0 Å². The van der Waals surface area contributed by atoms with E-state index in [2.05, 4.69) is 10.2 Å². The molecule has 1 aromatic carbocycles. The predicted octanol–water partition coefficient (Wildman–Crippen LogP) is 4.19. The summed E-state index contributed by atoms with van der Waals surface area (Å²) < 4.78 is 14.6. The highest BCUT2D eigenvalue weighted by molar-refractivity contribution is 7.16. The molecule has 6 heteroatoms. The number of hydrogen-bond donors (Lipinski definition) is 1. The van der Waals surface area contributed by atoms with E-state index < -0.39 is 0 Å². The molecule has 0 saturated carbocycles. The minimum Gasteiger partial charge on any atom is -0.314 e. The van der Waals surface area contributed by atoms with Crippen molar-refractivity contribution >= 4 is 34.5 Å². The molecule has 1 fully saturated rings. The number of nitrogens with one attached hydrogen (secondary N) is 1. The normalized spacial score (nSPS) is 17.9. The van der Waals surface area contributed by atoms with Gasteiger partial charge in [-0.15, -0.1) is 11.3 Å². The van der Waals surface area contributed by atoms with E-state index in [9.17, 15) is 4.39 Å². The zero-order valence-corrected chi connectivity index (χ0v) is 13.6. The third-order valence-corrected chi connectivity index (χ3v) is 5.34. The molecule has 2 nitrogen and oxygen atoms in total. The van der Waals surface area contributed by atoms with Crippen LogP contribution >= 0.6 is 34.5 Å². The Balaban J connectivity index is 2.04. The molecule has 2 heterocycles. The fraction of sp³-hybridized carbons (Fsp3) is 0.333. The Bertz CT molecular complexity index is 626. The fourth-order valence-electron chi connectivity index (χ4n) is 2.68. The van der Waals surface area contributed by atoms with E-state index in [1.807, 2.05) is 18.2 Å². The van der Waals surface area contributed by atoms with Crippen molar-refractivity contribution in [3.05, 3.63) is 55.9 Å². The summed E-state index contributed by atoms with van der Waals surface area (Å²) in [5.74, 6) is -0.378. The lowest BCUT2D eigenvalue weighted by Gasteiger charge is -2.35. The summed E-state index contributed by atoms with van der Waals surface area (Å²) in [7, 11) is 0. The van der Waals surface area contributed by atoms with Crippen LogP contribution in [0.4, 0.5) is 4.39 Å². The van der Waals surface area contributed by atoms with E-state index in [1.54, 1.807) is 6.07 Å². The van der Waals surface area contributed by atoms with Crippen LogP contribution < -0.4 is 5.32 Å². The molecule has 2 aromatic rings. The summed E-state index contributed by atoms with van der Waals surface area (Å²) >= 11 is 13.8. The van der Waals surface area contributed by atoms with Gasteiger partial charge in [0.2, 0.25) is 0 Å². The van der Waals surface area contributed by atoms with Crippen molar-refractivity contribution in [2.45, 2.75) is 6.04 Å². The average molecular weight is 345 g/mol. The minimum atomic E-state index is -0.378. The monoisotopic (exact) mass is 344 g/mol. The second-order valence-corrected chi connectivity index (χ2v) is 7.10. The Morgan fingerprint density at radius 1 is 1.14 bits per heavy atom. The van der Waals surface area contributed by atoms with Gasteiger partial charge in [-0.3, -0.25) is 4.90 Å². The summed E-state index contributed by atoms with van der Waals surface area (Å²) in [6.07, 6.45) is 0. The highest BCUT2D eigenvalue weighted by Gasteiger charge is 2.27. The van der Waals surface area contributed by atoms with Gasteiger partial charge < -0.3 is 5.32 Å². The molecule has 1 N–H and O–H groups in total. The molecule has 0 amide bonds. The van der Waals surface area contributed by atoms with Crippen LogP contribution in [0.25, 0.3) is 0 Å². The van der Waals surface area contributed by atoms with Gasteiger partial charge in [0.25, 0.3) is 0 Å². The van der Waals surface area contributed by atoms with Crippen LogP contribution in [0.2, 0.25) is 9.36 Å². The van der Waals surface area contributed by atoms with Gasteiger partial charge in [0.1, 0.15) is 5.82 Å². The molecular weight excluding hydrogens is 330 g/mol. The topological polar surface area (TPSA) is 15.3 Å². The van der Waals surface area contributed by atoms with E-state index in [0.717, 1.165) is 41.0 Å². The number of thiophene rings is 1. The summed E-state index contributed by atoms with van der Waals surface area (Å²) in [4.78, 5) is 3.41. The van der Waals surface area contributed by atoms with Crippen molar-refractivity contribution in [1.82, 2.24) is 10.2 Å². The molecule has 0 radical (unpaired) electrons. The van der Waals surface area contributed by atoms with Crippen molar-refractivity contribution in [3.63, 3.8) is 0 Å². The van der Waals surface area contributed by atoms with Gasteiger partial charge in [-0.1, -0.05) is 35.3 Å². The lowest BCUT2D eigenvalue weighted by atomic mass is 10.0. The second-order valence-electron chi connectivity index (χ2n) is 4.97. The number of benzene rings is 1. The largest absolute Gasteiger partial charge is 0.314 e. The summed E-state index contributed by atoms with van der Waals surface area (Å²) in [6, 6.07) is 8.83. The molecule has 3 rings (SSSR count). The highest BCUT2D eigenvalue weighted by atomic mass is 35.5. The minimum absolute atomic E-state index is 0.0483. The Hall–Kier alpha value is -0.650. The molecule has 21 heavy (non-hydrogen) atoms. The van der Waals surface area contributed by atoms with E-state index in [0.29, 0.717) is 0 Å². The van der Waals surface area contributed by atoms with Gasteiger partial charge in [-0.2, -0.15) is 0 Å². The zero-order valence-electron chi connectivity index (χ0n) is 11.3. The Kier molecular flexibility index (Phi) is 4.82. The van der Waals surface area contributed by atoms with Gasteiger partial charge in [0, 0.05) is 31.1 Å². The van der Waals surface area contributed by atoms with Crippen molar-refractivity contribution < 1.29 is 4.39 Å². The van der Waals surface area contributed by atoms with Gasteiger partial charge in [0.05, 0.1) is 15.4 Å². The van der Waals surface area contributed by atoms with Crippen LogP contribution in [-0.4, -0.2) is 31.1 Å². The molecule has 112 valence electrons. The third kappa shape index (κ3) is 3.25.